The summed E-state index contributed by atoms with van der Waals surface area (Å²) in [5.41, 5.74) is 6.86. The zero-order chi connectivity index (χ0) is 22.3. The Hall–Kier alpha value is -1.76. The summed E-state index contributed by atoms with van der Waals surface area (Å²) in [6.45, 7) is 19.1. The molecule has 166 valence electrons. The molecular weight excluding hydrogens is 364 g/mol. The molecule has 0 saturated heterocycles. The molecule has 0 saturated carbocycles. The molecule has 1 nitrogen and oxygen atoms in total. The number of benzene rings is 2. The fourth-order valence-electron chi connectivity index (χ4n) is 4.23. The molecule has 0 aliphatic carbocycles. The SMILES string of the molecule is CCCCCCCOc1ccc(C(C)(C)c2ccc(C)c(C(C)C)c2)cc1C(C)C. The molecule has 0 aliphatic heterocycles. The molecule has 2 aromatic carbocycles. The maximum absolute atomic E-state index is 6.22. The van der Waals surface area contributed by atoms with Crippen LogP contribution in [0.4, 0.5) is 0 Å². The predicted octanol–water partition coefficient (Wildman–Crippen LogP) is 8.92. The molecule has 2 rings (SSSR count). The zero-order valence-electron chi connectivity index (χ0n) is 20.8. The van der Waals surface area contributed by atoms with Gasteiger partial charge in [-0.25, -0.2) is 0 Å². The van der Waals surface area contributed by atoms with Crippen molar-refractivity contribution in [2.24, 2.45) is 0 Å². The van der Waals surface area contributed by atoms with Gasteiger partial charge in [-0.05, 0) is 59.1 Å². The number of unbranched alkanes of at least 4 members (excludes halogenated alkanes) is 4. The molecule has 30 heavy (non-hydrogen) atoms. The van der Waals surface area contributed by atoms with E-state index in [0.29, 0.717) is 11.8 Å². The van der Waals surface area contributed by atoms with Crippen LogP contribution in [-0.4, -0.2) is 6.61 Å². The molecule has 0 spiro atoms. The lowest BCUT2D eigenvalue weighted by Crippen LogP contribution is -2.20. The average Bonchev–Trinajstić information content (AvgIpc) is 2.70. The number of rotatable bonds is 11. The summed E-state index contributed by atoms with van der Waals surface area (Å²) >= 11 is 0. The van der Waals surface area contributed by atoms with Crippen molar-refractivity contribution in [1.82, 2.24) is 0 Å². The van der Waals surface area contributed by atoms with Crippen LogP contribution in [0, 0.1) is 6.92 Å². The Labute approximate surface area is 186 Å². The summed E-state index contributed by atoms with van der Waals surface area (Å²) in [6.07, 6.45) is 6.35. The van der Waals surface area contributed by atoms with Crippen LogP contribution >= 0.6 is 0 Å². The minimum atomic E-state index is -0.0420. The third kappa shape index (κ3) is 6.13. The van der Waals surface area contributed by atoms with Crippen LogP contribution in [0.25, 0.3) is 0 Å². The van der Waals surface area contributed by atoms with E-state index in [2.05, 4.69) is 91.8 Å². The van der Waals surface area contributed by atoms with E-state index in [0.717, 1.165) is 18.8 Å². The van der Waals surface area contributed by atoms with Crippen LogP contribution in [0.3, 0.4) is 0 Å². The van der Waals surface area contributed by atoms with Crippen molar-refractivity contribution >= 4 is 0 Å². The summed E-state index contributed by atoms with van der Waals surface area (Å²) in [4.78, 5) is 0. The van der Waals surface area contributed by atoms with E-state index in [-0.39, 0.29) is 5.41 Å². The fraction of sp³-hybridized carbons (Fsp3) is 0.586. The minimum Gasteiger partial charge on any atom is -0.493 e. The smallest absolute Gasteiger partial charge is 0.122 e. The molecule has 1 heteroatoms. The molecule has 0 bridgehead atoms. The van der Waals surface area contributed by atoms with E-state index in [9.17, 15) is 0 Å². The van der Waals surface area contributed by atoms with Crippen molar-refractivity contribution in [3.63, 3.8) is 0 Å². The number of hydrogen-bond donors (Lipinski definition) is 0. The summed E-state index contributed by atoms with van der Waals surface area (Å²) in [5.74, 6) is 2.05. The standard InChI is InChI=1S/C29H44O/c1-9-10-11-12-13-18-30-28-17-16-25(20-27(28)22(4)5)29(7,8)24-15-14-23(6)26(19-24)21(2)3/h14-17,19-22H,9-13,18H2,1-8H3. The van der Waals surface area contributed by atoms with Crippen molar-refractivity contribution in [3.05, 3.63) is 64.2 Å². The van der Waals surface area contributed by atoms with E-state index in [1.807, 2.05) is 0 Å². The molecule has 0 atom stereocenters. The fourth-order valence-corrected chi connectivity index (χ4v) is 4.23. The summed E-state index contributed by atoms with van der Waals surface area (Å²) in [6, 6.07) is 13.9. The Morgan fingerprint density at radius 1 is 0.767 bits per heavy atom. The van der Waals surface area contributed by atoms with Crippen molar-refractivity contribution in [2.75, 3.05) is 6.61 Å². The summed E-state index contributed by atoms with van der Waals surface area (Å²) in [5, 5.41) is 0. The normalized spacial score (nSPS) is 12.1. The van der Waals surface area contributed by atoms with Gasteiger partial charge in [-0.1, -0.05) is 104 Å². The molecular formula is C29H44O. The Morgan fingerprint density at radius 3 is 1.93 bits per heavy atom. The maximum Gasteiger partial charge on any atom is 0.122 e. The highest BCUT2D eigenvalue weighted by Gasteiger charge is 2.25. The lowest BCUT2D eigenvalue weighted by molar-refractivity contribution is 0.300. The van der Waals surface area contributed by atoms with Gasteiger partial charge < -0.3 is 4.74 Å². The summed E-state index contributed by atoms with van der Waals surface area (Å²) in [7, 11) is 0. The van der Waals surface area contributed by atoms with Crippen LogP contribution in [0.5, 0.6) is 5.75 Å². The second-order valence-corrected chi connectivity index (χ2v) is 10.0. The van der Waals surface area contributed by atoms with E-state index < -0.39 is 0 Å². The van der Waals surface area contributed by atoms with Gasteiger partial charge >= 0.3 is 0 Å². The van der Waals surface area contributed by atoms with Crippen molar-refractivity contribution in [1.29, 1.82) is 0 Å². The van der Waals surface area contributed by atoms with Gasteiger partial charge in [0.25, 0.3) is 0 Å². The van der Waals surface area contributed by atoms with Crippen LogP contribution in [0.1, 0.15) is 120 Å². The van der Waals surface area contributed by atoms with E-state index >= 15 is 0 Å². The highest BCUT2D eigenvalue weighted by Crippen LogP contribution is 2.37. The number of hydrogen-bond acceptors (Lipinski definition) is 1. The molecule has 0 radical (unpaired) electrons. The number of ether oxygens (including phenoxy) is 1. The van der Waals surface area contributed by atoms with E-state index in [1.165, 1.54) is 53.5 Å². The second-order valence-electron chi connectivity index (χ2n) is 10.0. The van der Waals surface area contributed by atoms with Crippen LogP contribution in [0.2, 0.25) is 0 Å². The maximum atomic E-state index is 6.22. The molecule has 0 unspecified atom stereocenters. The molecule has 0 fully saturated rings. The highest BCUT2D eigenvalue weighted by atomic mass is 16.5. The first-order chi connectivity index (χ1) is 14.2. The van der Waals surface area contributed by atoms with Gasteiger partial charge in [-0.3, -0.25) is 0 Å². The van der Waals surface area contributed by atoms with Crippen LogP contribution in [0.15, 0.2) is 36.4 Å². The van der Waals surface area contributed by atoms with Gasteiger partial charge in [0.2, 0.25) is 0 Å². The van der Waals surface area contributed by atoms with Crippen LogP contribution < -0.4 is 4.74 Å². The summed E-state index contributed by atoms with van der Waals surface area (Å²) < 4.78 is 6.22. The second kappa shape index (κ2) is 11.0. The van der Waals surface area contributed by atoms with Gasteiger partial charge in [0, 0.05) is 5.41 Å². The Bertz CT molecular complexity index is 798. The molecule has 0 heterocycles. The third-order valence-electron chi connectivity index (χ3n) is 6.48. The van der Waals surface area contributed by atoms with Crippen molar-refractivity contribution in [3.8, 4) is 5.75 Å². The molecule has 2 aromatic rings. The predicted molar refractivity (Wildman–Crippen MR) is 132 cm³/mol. The van der Waals surface area contributed by atoms with E-state index in [4.69, 9.17) is 4.74 Å². The van der Waals surface area contributed by atoms with E-state index in [1.54, 1.807) is 0 Å². The first kappa shape index (κ1) is 24.5. The first-order valence-electron chi connectivity index (χ1n) is 12.1. The molecule has 0 aliphatic rings. The first-order valence-corrected chi connectivity index (χ1v) is 12.1. The lowest BCUT2D eigenvalue weighted by Gasteiger charge is -2.29. The molecule has 0 aromatic heterocycles. The van der Waals surface area contributed by atoms with Gasteiger partial charge in [0.05, 0.1) is 6.61 Å². The van der Waals surface area contributed by atoms with Gasteiger partial charge in [0.1, 0.15) is 5.75 Å². The highest BCUT2D eigenvalue weighted by molar-refractivity contribution is 5.47. The Morgan fingerprint density at radius 2 is 1.33 bits per heavy atom. The third-order valence-corrected chi connectivity index (χ3v) is 6.48. The van der Waals surface area contributed by atoms with Gasteiger partial charge in [-0.2, -0.15) is 0 Å². The zero-order valence-corrected chi connectivity index (χ0v) is 20.8. The van der Waals surface area contributed by atoms with Crippen molar-refractivity contribution < 1.29 is 4.74 Å². The number of aryl methyl sites for hydroxylation is 1. The Kier molecular flexibility index (Phi) is 9.01. The molecule has 0 N–H and O–H groups in total. The molecule has 0 amide bonds. The monoisotopic (exact) mass is 408 g/mol. The minimum absolute atomic E-state index is 0.0420. The lowest BCUT2D eigenvalue weighted by atomic mass is 9.75. The van der Waals surface area contributed by atoms with Gasteiger partial charge in [0.15, 0.2) is 0 Å². The largest absolute Gasteiger partial charge is 0.493 e. The average molecular weight is 409 g/mol. The topological polar surface area (TPSA) is 9.23 Å². The van der Waals surface area contributed by atoms with Gasteiger partial charge in [-0.15, -0.1) is 0 Å². The Balaban J connectivity index is 2.25. The van der Waals surface area contributed by atoms with Crippen molar-refractivity contribution in [2.45, 2.75) is 105 Å². The van der Waals surface area contributed by atoms with Crippen LogP contribution in [-0.2, 0) is 5.41 Å². The quantitative estimate of drug-likeness (QED) is 0.337.